The lowest BCUT2D eigenvalue weighted by Crippen LogP contribution is -2.53. The Morgan fingerprint density at radius 2 is 0.984 bits per heavy atom. The van der Waals surface area contributed by atoms with Crippen LogP contribution in [0.15, 0.2) is 33.2 Å². The van der Waals surface area contributed by atoms with Gasteiger partial charge in [-0.05, 0) is 150 Å². The number of benzene rings is 2. The molecule has 2 aromatic carbocycles. The molecule has 15 heteroatoms. The number of halogens is 3. The lowest BCUT2D eigenvalue weighted by Gasteiger charge is -2.40. The van der Waals surface area contributed by atoms with Gasteiger partial charge in [-0.1, -0.05) is 38.5 Å². The first-order valence-electron chi connectivity index (χ1n) is 22.7. The van der Waals surface area contributed by atoms with Crippen LogP contribution >= 0.6 is 44.3 Å². The molecule has 0 spiro atoms. The zero-order valence-corrected chi connectivity index (χ0v) is 43.1. The molecule has 0 unspecified atom stereocenters. The second-order valence-electron chi connectivity index (χ2n) is 18.6. The summed E-state index contributed by atoms with van der Waals surface area (Å²) in [5, 5.41) is 0. The number of rotatable bonds is 14. The summed E-state index contributed by atoms with van der Waals surface area (Å²) in [4.78, 5) is 61.1. The summed E-state index contributed by atoms with van der Waals surface area (Å²) in [6, 6.07) is 8.04. The third-order valence-electron chi connectivity index (χ3n) is 12.4. The van der Waals surface area contributed by atoms with E-state index in [0.29, 0.717) is 82.1 Å². The first kappa shape index (κ1) is 52.7. The smallest absolute Gasteiger partial charge is 0.270 e. The lowest BCUT2D eigenvalue weighted by atomic mass is 9.92. The van der Waals surface area contributed by atoms with Crippen LogP contribution in [0.25, 0.3) is 0 Å². The van der Waals surface area contributed by atoms with E-state index in [1.807, 2.05) is 34.1 Å². The van der Waals surface area contributed by atoms with E-state index in [1.165, 1.54) is 12.8 Å². The Kier molecular flexibility index (Phi) is 19.3. The summed E-state index contributed by atoms with van der Waals surface area (Å²) in [7, 11) is 3.30. The van der Waals surface area contributed by atoms with Gasteiger partial charge in [-0.25, -0.2) is 0 Å². The van der Waals surface area contributed by atoms with E-state index in [1.54, 1.807) is 51.7 Å². The molecule has 2 fully saturated rings. The number of anilines is 2. The molecule has 0 radical (unpaired) electrons. The zero-order valence-electron chi connectivity index (χ0n) is 39.2. The van der Waals surface area contributed by atoms with Crippen molar-refractivity contribution < 1.29 is 38.1 Å². The van der Waals surface area contributed by atoms with Crippen LogP contribution in [0, 0.1) is 0 Å². The highest BCUT2D eigenvalue weighted by Gasteiger charge is 2.43. The third-order valence-corrected chi connectivity index (χ3v) is 13.7. The van der Waals surface area contributed by atoms with Gasteiger partial charge in [0.05, 0.1) is 22.5 Å². The van der Waals surface area contributed by atoms with Crippen LogP contribution in [-0.2, 0) is 19.1 Å². The second-order valence-corrected chi connectivity index (χ2v) is 20.3. The summed E-state index contributed by atoms with van der Waals surface area (Å²) in [5.41, 5.74) is 0.532. The van der Waals surface area contributed by atoms with E-state index in [-0.39, 0.29) is 60.2 Å². The van der Waals surface area contributed by atoms with Gasteiger partial charge in [0.2, 0.25) is 0 Å². The first-order valence-corrected chi connectivity index (χ1v) is 24.2. The molecule has 12 nitrogen and oxygen atoms in total. The van der Waals surface area contributed by atoms with Crippen LogP contribution in [-0.4, -0.2) is 109 Å². The van der Waals surface area contributed by atoms with Gasteiger partial charge in [0, 0.05) is 73.6 Å². The highest BCUT2D eigenvalue weighted by molar-refractivity contribution is 9.10. The molecule has 2 heterocycles. The minimum Gasteiger partial charge on any atom is -0.476 e. The zero-order chi connectivity index (χ0) is 45.5. The van der Waals surface area contributed by atoms with E-state index in [0.717, 1.165) is 51.4 Å². The molecule has 63 heavy (non-hydrogen) atoms. The number of hydrogen-bond donors (Lipinski definition) is 0. The second kappa shape index (κ2) is 23.0. The van der Waals surface area contributed by atoms with Crippen molar-refractivity contribution in [1.82, 2.24) is 9.80 Å². The maximum atomic E-state index is 13.7. The number of carbonyl (C=O) groups excluding carboxylic acids is 4. The molecule has 2 saturated carbocycles. The number of ether oxygens (including phenoxy) is 4. The van der Waals surface area contributed by atoms with Gasteiger partial charge >= 0.3 is 0 Å². The van der Waals surface area contributed by atoms with Crippen LogP contribution in [0.5, 0.6) is 11.5 Å². The highest BCUT2D eigenvalue weighted by Crippen LogP contribution is 2.44. The average molecular weight is 1030 g/mol. The average Bonchev–Trinajstić information content (AvgIpc) is 3.21. The highest BCUT2D eigenvalue weighted by atomic mass is 79.9. The van der Waals surface area contributed by atoms with Gasteiger partial charge in [-0.3, -0.25) is 19.2 Å². The van der Waals surface area contributed by atoms with Crippen molar-refractivity contribution in [3.8, 4) is 11.5 Å². The molecule has 0 bridgehead atoms. The van der Waals surface area contributed by atoms with Crippen molar-refractivity contribution in [3.63, 3.8) is 0 Å². The Balaban J connectivity index is 0.000000272. The van der Waals surface area contributed by atoms with Crippen LogP contribution in [0.3, 0.4) is 0 Å². The normalized spacial score (nSPS) is 18.4. The molecule has 2 aliphatic carbocycles. The van der Waals surface area contributed by atoms with Gasteiger partial charge in [-0.2, -0.15) is 0 Å². The minimum absolute atomic E-state index is 0. The molecular weight excluding hydrogens is 956 g/mol. The van der Waals surface area contributed by atoms with E-state index >= 15 is 0 Å². The van der Waals surface area contributed by atoms with Gasteiger partial charge in [0.25, 0.3) is 23.6 Å². The van der Waals surface area contributed by atoms with Gasteiger partial charge < -0.3 is 38.5 Å². The van der Waals surface area contributed by atoms with Crippen molar-refractivity contribution in [3.05, 3.63) is 44.3 Å². The van der Waals surface area contributed by atoms with Crippen molar-refractivity contribution >= 4 is 79.3 Å². The fourth-order valence-corrected chi connectivity index (χ4v) is 10.3. The predicted molar refractivity (Wildman–Crippen MR) is 259 cm³/mol. The molecule has 0 atom stereocenters. The molecule has 4 aliphatic rings. The maximum absolute atomic E-state index is 13.7. The third kappa shape index (κ3) is 12.3. The summed E-state index contributed by atoms with van der Waals surface area (Å²) >= 11 is 7.21. The quantitative estimate of drug-likeness (QED) is 0.172. The number of carbonyl (C=O) groups is 4. The van der Waals surface area contributed by atoms with E-state index in [4.69, 9.17) is 18.9 Å². The van der Waals surface area contributed by atoms with Crippen molar-refractivity contribution in [2.45, 2.75) is 168 Å². The Hall–Kier alpha value is -2.91. The largest absolute Gasteiger partial charge is 0.476 e. The van der Waals surface area contributed by atoms with Crippen molar-refractivity contribution in [1.29, 1.82) is 0 Å². The summed E-state index contributed by atoms with van der Waals surface area (Å²) in [6.45, 7) is 17.5. The van der Waals surface area contributed by atoms with Crippen molar-refractivity contribution in [2.24, 2.45) is 0 Å². The summed E-state index contributed by atoms with van der Waals surface area (Å²) < 4.78 is 23.8. The number of amides is 4. The molecule has 4 amide bonds. The Morgan fingerprint density at radius 1 is 0.651 bits per heavy atom. The monoisotopic (exact) mass is 1020 g/mol. The Bertz CT molecular complexity index is 1780. The first-order chi connectivity index (χ1) is 29.3. The summed E-state index contributed by atoms with van der Waals surface area (Å²) in [6.07, 6.45) is 12.7. The molecule has 352 valence electrons. The van der Waals surface area contributed by atoms with Crippen LogP contribution < -0.4 is 19.3 Å². The lowest BCUT2D eigenvalue weighted by molar-refractivity contribution is -0.133. The number of hydrogen-bond acceptors (Lipinski definition) is 8. The Labute approximate surface area is 399 Å². The standard InChI is InChI=1S/2C24H35BrN2O4.ClH/c2*1-16(2)27(17-10-7-6-8-11-17)22(28)18-14-20-21(15-19(18)25)31-24(3,4)23(29)26(20)12-9-13-30-5;/h2*14-17H,6-13H2,1-5H3;1H. The van der Waals surface area contributed by atoms with Crippen LogP contribution in [0.4, 0.5) is 11.4 Å². The topological polar surface area (TPSA) is 118 Å². The molecular formula is C48H71Br2ClN4O8. The molecule has 0 N–H and O–H groups in total. The van der Waals surface area contributed by atoms with E-state index in [2.05, 4.69) is 59.6 Å². The van der Waals surface area contributed by atoms with Crippen LogP contribution in [0.2, 0.25) is 0 Å². The fourth-order valence-electron chi connectivity index (χ4n) is 9.32. The van der Waals surface area contributed by atoms with E-state index in [9.17, 15) is 19.2 Å². The number of fused-ring (bicyclic) bond motifs is 2. The molecule has 0 aromatic heterocycles. The molecule has 2 aliphatic heterocycles. The van der Waals surface area contributed by atoms with Gasteiger partial charge in [-0.15, -0.1) is 12.4 Å². The fraction of sp³-hybridized carbons (Fsp3) is 0.667. The summed E-state index contributed by atoms with van der Waals surface area (Å²) in [5.74, 6) is 1.02. The Morgan fingerprint density at radius 3 is 1.29 bits per heavy atom. The van der Waals surface area contributed by atoms with Crippen molar-refractivity contribution in [2.75, 3.05) is 50.3 Å². The van der Waals surface area contributed by atoms with Gasteiger partial charge in [0.1, 0.15) is 11.5 Å². The minimum atomic E-state index is -0.961. The molecule has 6 rings (SSSR count). The van der Waals surface area contributed by atoms with Gasteiger partial charge in [0.15, 0.2) is 11.2 Å². The predicted octanol–water partition coefficient (Wildman–Crippen LogP) is 10.8. The maximum Gasteiger partial charge on any atom is 0.270 e. The molecule has 2 aromatic rings. The number of nitrogens with zero attached hydrogens (tertiary/aromatic N) is 4. The van der Waals surface area contributed by atoms with Crippen LogP contribution in [0.1, 0.15) is 153 Å². The number of methoxy groups -OCH3 is 2. The molecule has 0 saturated heterocycles. The van der Waals surface area contributed by atoms with E-state index < -0.39 is 11.2 Å². The SMILES string of the molecule is COCCCN1C(=O)C(C)(C)Oc2cc(Br)c(C(=O)N(C(C)C)C3CCCCC3)cc21.COCCCN1C(=O)C(C)(C)Oc2cc(Br)c(C(=O)N(C(C)C)C3CCCCC3)cc21.Cl.